The van der Waals surface area contributed by atoms with E-state index < -0.39 is 0 Å². The second kappa shape index (κ2) is 5.01. The van der Waals surface area contributed by atoms with Gasteiger partial charge in [0.2, 0.25) is 0 Å². The normalized spacial score (nSPS) is 17.0. The van der Waals surface area contributed by atoms with Crippen LogP contribution in [0.1, 0.15) is 49.9 Å². The third-order valence-electron chi connectivity index (χ3n) is 5.47. The van der Waals surface area contributed by atoms with E-state index in [1.807, 2.05) is 24.7 Å². The van der Waals surface area contributed by atoms with Gasteiger partial charge in [0.05, 0.1) is 5.69 Å². The number of hydrogen-bond donors (Lipinski definition) is 0. The van der Waals surface area contributed by atoms with Crippen LogP contribution in [0.2, 0.25) is 0 Å². The Labute approximate surface area is 143 Å². The van der Waals surface area contributed by atoms with Gasteiger partial charge in [0.15, 0.2) is 0 Å². The molecule has 0 aliphatic heterocycles. The Morgan fingerprint density at radius 1 is 0.708 bits per heavy atom. The number of fused-ring (bicyclic) bond motifs is 2. The van der Waals surface area contributed by atoms with Gasteiger partial charge in [-0.05, 0) is 40.5 Å². The molecule has 0 amide bonds. The minimum atomic E-state index is -0.0861. The monoisotopic (exact) mass is 314 g/mol. The molecule has 4 rings (SSSR count). The SMILES string of the molecule is CC1(C)c2cnccc2C(C)(C)c2c(-c3ccccn3)cccc21. The molecule has 0 atom stereocenters. The van der Waals surface area contributed by atoms with Gasteiger partial charge in [-0.1, -0.05) is 52.0 Å². The van der Waals surface area contributed by atoms with Gasteiger partial charge in [0.1, 0.15) is 0 Å². The van der Waals surface area contributed by atoms with Crippen molar-refractivity contribution in [2.24, 2.45) is 0 Å². The highest BCUT2D eigenvalue weighted by atomic mass is 14.7. The number of benzene rings is 1. The summed E-state index contributed by atoms with van der Waals surface area (Å²) in [6.45, 7) is 9.21. The van der Waals surface area contributed by atoms with Crippen LogP contribution in [0.4, 0.5) is 0 Å². The molecule has 0 unspecified atom stereocenters. The number of aromatic nitrogens is 2. The van der Waals surface area contributed by atoms with E-state index >= 15 is 0 Å². The van der Waals surface area contributed by atoms with Gasteiger partial charge < -0.3 is 0 Å². The van der Waals surface area contributed by atoms with E-state index in [0.29, 0.717) is 0 Å². The zero-order valence-corrected chi connectivity index (χ0v) is 14.7. The molecule has 0 fully saturated rings. The number of rotatable bonds is 1. The Bertz CT molecular complexity index is 908. The van der Waals surface area contributed by atoms with E-state index in [0.717, 1.165) is 5.69 Å². The van der Waals surface area contributed by atoms with E-state index in [9.17, 15) is 0 Å². The van der Waals surface area contributed by atoms with Crippen molar-refractivity contribution < 1.29 is 0 Å². The van der Waals surface area contributed by atoms with Crippen LogP contribution >= 0.6 is 0 Å². The number of pyridine rings is 2. The van der Waals surface area contributed by atoms with Crippen molar-refractivity contribution in [3.8, 4) is 11.3 Å². The van der Waals surface area contributed by atoms with Gasteiger partial charge in [-0.3, -0.25) is 9.97 Å². The maximum Gasteiger partial charge on any atom is 0.0705 e. The van der Waals surface area contributed by atoms with Crippen molar-refractivity contribution in [1.29, 1.82) is 0 Å². The minimum absolute atomic E-state index is 0.0702. The summed E-state index contributed by atoms with van der Waals surface area (Å²) < 4.78 is 0. The van der Waals surface area contributed by atoms with Crippen LogP contribution in [-0.2, 0) is 10.8 Å². The molecule has 2 aromatic heterocycles. The molecule has 3 aromatic rings. The predicted molar refractivity (Wildman–Crippen MR) is 98.2 cm³/mol. The highest BCUT2D eigenvalue weighted by molar-refractivity contribution is 5.72. The molecule has 0 radical (unpaired) electrons. The molecule has 2 heterocycles. The van der Waals surface area contributed by atoms with Crippen LogP contribution in [0.3, 0.4) is 0 Å². The fourth-order valence-corrected chi connectivity index (χ4v) is 4.20. The molecule has 2 nitrogen and oxygen atoms in total. The molecule has 1 aliphatic rings. The molecule has 0 spiro atoms. The minimum Gasteiger partial charge on any atom is -0.264 e. The van der Waals surface area contributed by atoms with E-state index in [1.165, 1.54) is 27.8 Å². The maximum absolute atomic E-state index is 4.61. The average molecular weight is 314 g/mol. The Kier molecular flexibility index (Phi) is 3.14. The molecule has 120 valence electrons. The predicted octanol–water partition coefficient (Wildman–Crippen LogP) is 5.11. The molecular formula is C22H22N2. The van der Waals surface area contributed by atoms with Gasteiger partial charge in [-0.2, -0.15) is 0 Å². The zero-order chi connectivity index (χ0) is 16.9. The molecule has 1 aliphatic carbocycles. The van der Waals surface area contributed by atoms with Crippen LogP contribution in [0.15, 0.2) is 61.1 Å². The van der Waals surface area contributed by atoms with Crippen LogP contribution in [0, 0.1) is 0 Å². The van der Waals surface area contributed by atoms with Crippen molar-refractivity contribution in [2.45, 2.75) is 38.5 Å². The summed E-state index contributed by atoms with van der Waals surface area (Å²) in [6, 6.07) is 14.9. The van der Waals surface area contributed by atoms with E-state index in [1.54, 1.807) is 0 Å². The van der Waals surface area contributed by atoms with Gasteiger partial charge in [0.25, 0.3) is 0 Å². The van der Waals surface area contributed by atoms with Crippen molar-refractivity contribution in [3.63, 3.8) is 0 Å². The van der Waals surface area contributed by atoms with Gasteiger partial charge in [0, 0.05) is 35.0 Å². The van der Waals surface area contributed by atoms with Crippen LogP contribution in [0.25, 0.3) is 11.3 Å². The first-order chi connectivity index (χ1) is 11.4. The highest BCUT2D eigenvalue weighted by Crippen LogP contribution is 2.51. The van der Waals surface area contributed by atoms with Crippen molar-refractivity contribution in [3.05, 3.63) is 83.3 Å². The lowest BCUT2D eigenvalue weighted by molar-refractivity contribution is 0.519. The Morgan fingerprint density at radius 2 is 1.54 bits per heavy atom. The summed E-state index contributed by atoms with van der Waals surface area (Å²) in [5.74, 6) is 0. The Morgan fingerprint density at radius 3 is 2.29 bits per heavy atom. The van der Waals surface area contributed by atoms with E-state index in [4.69, 9.17) is 0 Å². The van der Waals surface area contributed by atoms with Gasteiger partial charge >= 0.3 is 0 Å². The molecule has 0 bridgehead atoms. The first-order valence-electron chi connectivity index (χ1n) is 8.44. The summed E-state index contributed by atoms with van der Waals surface area (Å²) in [4.78, 5) is 9.01. The lowest BCUT2D eigenvalue weighted by Gasteiger charge is -2.44. The summed E-state index contributed by atoms with van der Waals surface area (Å²) in [7, 11) is 0. The van der Waals surface area contributed by atoms with Gasteiger partial charge in [-0.25, -0.2) is 0 Å². The quantitative estimate of drug-likeness (QED) is 0.624. The molecule has 24 heavy (non-hydrogen) atoms. The van der Waals surface area contributed by atoms with Gasteiger partial charge in [-0.15, -0.1) is 0 Å². The van der Waals surface area contributed by atoms with Crippen LogP contribution in [0.5, 0.6) is 0 Å². The summed E-state index contributed by atoms with van der Waals surface area (Å²) in [6.07, 6.45) is 5.81. The fraction of sp³-hybridized carbons (Fsp3) is 0.273. The molecule has 1 aromatic carbocycles. The fourth-order valence-electron chi connectivity index (χ4n) is 4.20. The van der Waals surface area contributed by atoms with Crippen molar-refractivity contribution in [2.75, 3.05) is 0 Å². The summed E-state index contributed by atoms with van der Waals surface area (Å²) in [5, 5.41) is 0. The average Bonchev–Trinajstić information content (AvgIpc) is 2.61. The summed E-state index contributed by atoms with van der Waals surface area (Å²) >= 11 is 0. The third-order valence-corrected chi connectivity index (χ3v) is 5.47. The molecule has 2 heteroatoms. The lowest BCUT2D eigenvalue weighted by atomic mass is 9.59. The molecule has 0 saturated heterocycles. The van der Waals surface area contributed by atoms with Crippen molar-refractivity contribution >= 4 is 0 Å². The summed E-state index contributed by atoms with van der Waals surface area (Å²) in [5.41, 5.74) is 7.54. The first kappa shape index (κ1) is 15.1. The Hall–Kier alpha value is -2.48. The number of nitrogens with zero attached hydrogens (tertiary/aromatic N) is 2. The van der Waals surface area contributed by atoms with Crippen LogP contribution < -0.4 is 0 Å². The molecule has 0 N–H and O–H groups in total. The molecule has 0 saturated carbocycles. The second-order valence-corrected chi connectivity index (χ2v) is 7.61. The Balaban J connectivity index is 2.09. The van der Waals surface area contributed by atoms with E-state index in [2.05, 4.69) is 74.1 Å². The number of hydrogen-bond acceptors (Lipinski definition) is 2. The second-order valence-electron chi connectivity index (χ2n) is 7.61. The largest absolute Gasteiger partial charge is 0.264 e. The maximum atomic E-state index is 4.61. The highest BCUT2D eigenvalue weighted by Gasteiger charge is 2.43. The van der Waals surface area contributed by atoms with Crippen molar-refractivity contribution in [1.82, 2.24) is 9.97 Å². The first-order valence-corrected chi connectivity index (χ1v) is 8.44. The zero-order valence-electron chi connectivity index (χ0n) is 14.7. The standard InChI is InChI=1S/C22H22N2/c1-21(2)17-9-7-8-15(19-10-5-6-12-24-19)20(17)22(3,4)16-11-13-23-14-18(16)21/h5-14H,1-4H3. The molecular weight excluding hydrogens is 292 g/mol. The lowest BCUT2D eigenvalue weighted by Crippen LogP contribution is -2.37. The van der Waals surface area contributed by atoms with Crippen LogP contribution in [-0.4, -0.2) is 9.97 Å². The smallest absolute Gasteiger partial charge is 0.0705 e. The topological polar surface area (TPSA) is 25.8 Å². The third kappa shape index (κ3) is 1.96. The van der Waals surface area contributed by atoms with E-state index in [-0.39, 0.29) is 10.8 Å².